The molecule has 1 aliphatic rings. The van der Waals surface area contributed by atoms with Crippen LogP contribution in [-0.2, 0) is 0 Å². The summed E-state index contributed by atoms with van der Waals surface area (Å²) in [6.45, 7) is 2.96. The Morgan fingerprint density at radius 3 is 2.36 bits per heavy atom. The van der Waals surface area contributed by atoms with Crippen LogP contribution in [0.15, 0.2) is 36.4 Å². The molecule has 0 N–H and O–H groups in total. The minimum absolute atomic E-state index is 0.0578. The maximum absolute atomic E-state index is 12.3. The number of benzene rings is 1. The van der Waals surface area contributed by atoms with Gasteiger partial charge >= 0.3 is 0 Å². The number of hydrogen-bond donors (Lipinski definition) is 0. The Bertz CT molecular complexity index is 455. The fraction of sp³-hybridized carbons (Fsp3) is 0.579. The van der Waals surface area contributed by atoms with Crippen molar-refractivity contribution in [1.82, 2.24) is 0 Å². The van der Waals surface area contributed by atoms with Crippen LogP contribution in [0.5, 0.6) is 5.75 Å². The number of halogens is 2. The first-order valence-corrected chi connectivity index (χ1v) is 8.44. The van der Waals surface area contributed by atoms with Crippen molar-refractivity contribution in [2.75, 3.05) is 6.61 Å². The second-order valence-corrected chi connectivity index (χ2v) is 6.19. The standard InChI is InChI=1S/C19H26F2O/c1-2-3-4-13-22-18-11-9-17(10-12-18)16-7-5-15(6-8-16)14-19(20)21/h9-12,14-16H,2-8,13H2,1H3/t15-,16-. The SMILES string of the molecule is CCCCCOc1ccc([C@H]2CC[C@H](C=C(F)F)CC2)cc1. The molecule has 2 rings (SSSR count). The predicted octanol–water partition coefficient (Wildman–Crippen LogP) is 6.31. The van der Waals surface area contributed by atoms with Crippen molar-refractivity contribution in [3.8, 4) is 5.75 Å². The lowest BCUT2D eigenvalue weighted by atomic mass is 9.79. The minimum atomic E-state index is -1.53. The van der Waals surface area contributed by atoms with Gasteiger partial charge in [0.1, 0.15) is 5.75 Å². The first kappa shape index (κ1) is 17.0. The summed E-state index contributed by atoms with van der Waals surface area (Å²) in [7, 11) is 0. The van der Waals surface area contributed by atoms with Gasteiger partial charge < -0.3 is 4.74 Å². The lowest BCUT2D eigenvalue weighted by Gasteiger charge is -2.26. The second kappa shape index (κ2) is 8.92. The molecule has 0 aliphatic heterocycles. The Hall–Kier alpha value is -1.38. The van der Waals surface area contributed by atoms with E-state index >= 15 is 0 Å². The highest BCUT2D eigenvalue weighted by Crippen LogP contribution is 2.37. The highest BCUT2D eigenvalue weighted by molar-refractivity contribution is 5.29. The maximum Gasteiger partial charge on any atom is 0.266 e. The molecule has 0 amide bonds. The number of allylic oxidation sites excluding steroid dienone is 1. The van der Waals surface area contributed by atoms with Gasteiger partial charge in [-0.25, -0.2) is 0 Å². The highest BCUT2D eigenvalue weighted by Gasteiger charge is 2.21. The fourth-order valence-corrected chi connectivity index (χ4v) is 3.18. The molecule has 0 aromatic heterocycles. The Kier molecular flexibility index (Phi) is 6.88. The Balaban J connectivity index is 1.80. The van der Waals surface area contributed by atoms with Gasteiger partial charge in [-0.2, -0.15) is 8.78 Å². The van der Waals surface area contributed by atoms with Gasteiger partial charge in [-0.05, 0) is 67.7 Å². The van der Waals surface area contributed by atoms with Crippen molar-refractivity contribution in [3.63, 3.8) is 0 Å². The Labute approximate surface area is 132 Å². The molecule has 22 heavy (non-hydrogen) atoms. The third kappa shape index (κ3) is 5.43. The molecule has 0 bridgehead atoms. The monoisotopic (exact) mass is 308 g/mol. The molecule has 0 atom stereocenters. The number of rotatable bonds is 7. The van der Waals surface area contributed by atoms with Gasteiger partial charge in [-0.3, -0.25) is 0 Å². The Morgan fingerprint density at radius 1 is 1.09 bits per heavy atom. The zero-order chi connectivity index (χ0) is 15.8. The van der Waals surface area contributed by atoms with Gasteiger partial charge in [0, 0.05) is 0 Å². The van der Waals surface area contributed by atoms with Crippen LogP contribution in [0.4, 0.5) is 8.78 Å². The van der Waals surface area contributed by atoms with Crippen molar-refractivity contribution in [2.24, 2.45) is 5.92 Å². The van der Waals surface area contributed by atoms with Crippen LogP contribution in [0.2, 0.25) is 0 Å². The lowest BCUT2D eigenvalue weighted by Crippen LogP contribution is -2.11. The van der Waals surface area contributed by atoms with E-state index in [4.69, 9.17) is 4.74 Å². The van der Waals surface area contributed by atoms with E-state index in [1.54, 1.807) is 0 Å². The van der Waals surface area contributed by atoms with E-state index in [0.717, 1.165) is 50.5 Å². The molecule has 1 nitrogen and oxygen atoms in total. The van der Waals surface area contributed by atoms with Gasteiger partial charge in [0.05, 0.1) is 6.61 Å². The maximum atomic E-state index is 12.3. The van der Waals surface area contributed by atoms with Crippen LogP contribution in [0.1, 0.15) is 63.4 Å². The van der Waals surface area contributed by atoms with Crippen molar-refractivity contribution >= 4 is 0 Å². The molecule has 1 aliphatic carbocycles. The van der Waals surface area contributed by atoms with E-state index in [0.29, 0.717) is 5.92 Å². The molecule has 1 fully saturated rings. The normalized spacial score (nSPS) is 21.4. The van der Waals surface area contributed by atoms with Crippen LogP contribution >= 0.6 is 0 Å². The van der Waals surface area contributed by atoms with E-state index in [1.807, 2.05) is 12.1 Å². The molecule has 0 saturated heterocycles. The van der Waals surface area contributed by atoms with Crippen LogP contribution in [0.3, 0.4) is 0 Å². The van der Waals surface area contributed by atoms with E-state index in [-0.39, 0.29) is 5.92 Å². The van der Waals surface area contributed by atoms with E-state index in [2.05, 4.69) is 19.1 Å². The summed E-state index contributed by atoms with van der Waals surface area (Å²) in [4.78, 5) is 0. The summed E-state index contributed by atoms with van der Waals surface area (Å²) in [5.74, 6) is 1.49. The summed E-state index contributed by atoms with van der Waals surface area (Å²) in [6, 6.07) is 8.33. The first-order valence-electron chi connectivity index (χ1n) is 8.44. The molecule has 122 valence electrons. The Morgan fingerprint density at radius 2 is 1.77 bits per heavy atom. The van der Waals surface area contributed by atoms with Gasteiger partial charge in [0.25, 0.3) is 6.08 Å². The van der Waals surface area contributed by atoms with Gasteiger partial charge in [0.15, 0.2) is 0 Å². The average molecular weight is 308 g/mol. The predicted molar refractivity (Wildman–Crippen MR) is 86.5 cm³/mol. The number of ether oxygens (including phenoxy) is 1. The molecule has 1 saturated carbocycles. The van der Waals surface area contributed by atoms with Crippen molar-refractivity contribution in [2.45, 2.75) is 57.8 Å². The summed E-state index contributed by atoms with van der Waals surface area (Å²) in [5, 5.41) is 0. The molecule has 0 unspecified atom stereocenters. The minimum Gasteiger partial charge on any atom is -0.494 e. The van der Waals surface area contributed by atoms with Crippen LogP contribution in [0, 0.1) is 5.92 Å². The van der Waals surface area contributed by atoms with Crippen LogP contribution < -0.4 is 4.74 Å². The molecule has 0 heterocycles. The average Bonchev–Trinajstić information content (AvgIpc) is 2.52. The first-order chi connectivity index (χ1) is 10.7. The third-order valence-electron chi connectivity index (χ3n) is 4.50. The molecular weight excluding hydrogens is 282 g/mol. The quantitative estimate of drug-likeness (QED) is 0.536. The second-order valence-electron chi connectivity index (χ2n) is 6.19. The molecule has 1 aromatic rings. The van der Waals surface area contributed by atoms with E-state index in [1.165, 1.54) is 18.4 Å². The third-order valence-corrected chi connectivity index (χ3v) is 4.50. The smallest absolute Gasteiger partial charge is 0.266 e. The van der Waals surface area contributed by atoms with E-state index in [9.17, 15) is 8.78 Å². The summed E-state index contributed by atoms with van der Waals surface area (Å²) in [6.07, 6.45) is 6.80. The van der Waals surface area contributed by atoms with Gasteiger partial charge in [-0.1, -0.05) is 31.9 Å². The van der Waals surface area contributed by atoms with Crippen molar-refractivity contribution < 1.29 is 13.5 Å². The summed E-state index contributed by atoms with van der Waals surface area (Å²) < 4.78 is 30.3. The van der Waals surface area contributed by atoms with Crippen LogP contribution in [0.25, 0.3) is 0 Å². The zero-order valence-electron chi connectivity index (χ0n) is 13.4. The van der Waals surface area contributed by atoms with Gasteiger partial charge in [0.2, 0.25) is 0 Å². The number of hydrogen-bond acceptors (Lipinski definition) is 1. The largest absolute Gasteiger partial charge is 0.494 e. The fourth-order valence-electron chi connectivity index (χ4n) is 3.18. The van der Waals surface area contributed by atoms with E-state index < -0.39 is 6.08 Å². The highest BCUT2D eigenvalue weighted by atomic mass is 19.3. The van der Waals surface area contributed by atoms with Crippen molar-refractivity contribution in [3.05, 3.63) is 42.0 Å². The molecule has 0 radical (unpaired) electrons. The molecule has 1 aromatic carbocycles. The molecule has 3 heteroatoms. The van der Waals surface area contributed by atoms with Crippen molar-refractivity contribution in [1.29, 1.82) is 0 Å². The summed E-state index contributed by atoms with van der Waals surface area (Å²) >= 11 is 0. The van der Waals surface area contributed by atoms with Crippen LogP contribution in [-0.4, -0.2) is 6.61 Å². The summed E-state index contributed by atoms with van der Waals surface area (Å²) in [5.41, 5.74) is 1.31. The molecule has 0 spiro atoms. The molecular formula is C19H26F2O. The topological polar surface area (TPSA) is 9.23 Å². The lowest BCUT2D eigenvalue weighted by molar-refractivity contribution is 0.306. The number of unbranched alkanes of at least 4 members (excludes halogenated alkanes) is 2. The zero-order valence-corrected chi connectivity index (χ0v) is 13.4. The van der Waals surface area contributed by atoms with Gasteiger partial charge in [-0.15, -0.1) is 0 Å².